The molecule has 5 aromatic rings. The second-order valence-electron chi connectivity index (χ2n) is 9.92. The molecule has 0 spiro atoms. The number of carbonyl (C=O) groups excluding carboxylic acids is 1. The summed E-state index contributed by atoms with van der Waals surface area (Å²) < 4.78 is 26.0. The number of pyridine rings is 1. The van der Waals surface area contributed by atoms with Crippen LogP contribution < -0.4 is 25.5 Å². The van der Waals surface area contributed by atoms with E-state index in [4.69, 9.17) is 21.1 Å². The van der Waals surface area contributed by atoms with Crippen LogP contribution in [0.2, 0.25) is 5.02 Å². The lowest BCUT2D eigenvalue weighted by atomic mass is 10.1. The van der Waals surface area contributed by atoms with E-state index < -0.39 is 17.2 Å². The Kier molecular flexibility index (Phi) is 8.15. The molecule has 1 saturated carbocycles. The molecule has 0 bridgehead atoms. The third kappa shape index (κ3) is 6.50. The molecule has 3 heterocycles. The lowest BCUT2D eigenvalue weighted by Crippen LogP contribution is -2.27. The Bertz CT molecular complexity index is 1860. The van der Waals surface area contributed by atoms with E-state index in [1.807, 2.05) is 24.3 Å². The Morgan fingerprint density at radius 1 is 1.05 bits per heavy atom. The number of benzene rings is 2. The summed E-state index contributed by atoms with van der Waals surface area (Å²) >= 11 is 6.52. The largest absolute Gasteiger partial charge is 0.497 e. The molecule has 0 saturated heterocycles. The van der Waals surface area contributed by atoms with Crippen LogP contribution in [0.1, 0.15) is 34.9 Å². The lowest BCUT2D eigenvalue weighted by Gasteiger charge is -2.12. The smallest absolute Gasteiger partial charge is 0.322 e. The molecular weight excluding hydrogens is 589 g/mol. The van der Waals surface area contributed by atoms with Crippen LogP contribution in [-0.4, -0.2) is 37.7 Å². The molecule has 222 valence electrons. The van der Waals surface area contributed by atoms with Gasteiger partial charge in [-0.05, 0) is 48.2 Å². The maximum Gasteiger partial charge on any atom is 0.322 e. The third-order valence-electron chi connectivity index (χ3n) is 6.79. The fourth-order valence-electron chi connectivity index (χ4n) is 4.30. The SMILES string of the molecule is COc1ccc(CNc2nccc(Oc3ncc(NC(=O)c4nn(C5CC5)cc(-c5ccc(F)cc5)c4=O)cn3)c2Cl)cc1. The summed E-state index contributed by atoms with van der Waals surface area (Å²) in [6.45, 7) is 0.471. The van der Waals surface area contributed by atoms with E-state index in [1.54, 1.807) is 24.1 Å². The van der Waals surface area contributed by atoms with Crippen molar-refractivity contribution in [1.82, 2.24) is 24.7 Å². The Morgan fingerprint density at radius 3 is 2.45 bits per heavy atom. The van der Waals surface area contributed by atoms with Gasteiger partial charge in [-0.1, -0.05) is 35.9 Å². The Balaban J connectivity index is 1.14. The average molecular weight is 614 g/mol. The molecule has 2 N–H and O–H groups in total. The summed E-state index contributed by atoms with van der Waals surface area (Å²) in [6.07, 6.45) is 7.58. The monoisotopic (exact) mass is 613 g/mol. The predicted octanol–water partition coefficient (Wildman–Crippen LogP) is 5.89. The summed E-state index contributed by atoms with van der Waals surface area (Å²) in [7, 11) is 1.61. The summed E-state index contributed by atoms with van der Waals surface area (Å²) in [5, 5.41) is 10.3. The summed E-state index contributed by atoms with van der Waals surface area (Å²) in [4.78, 5) is 39.0. The highest BCUT2D eigenvalue weighted by Crippen LogP contribution is 2.35. The molecular formula is C31H25ClFN7O4. The van der Waals surface area contributed by atoms with Crippen LogP contribution in [0.3, 0.4) is 0 Å². The molecule has 1 amide bonds. The van der Waals surface area contributed by atoms with Gasteiger partial charge in [-0.25, -0.2) is 19.3 Å². The number of ether oxygens (including phenoxy) is 2. The first-order valence-corrected chi connectivity index (χ1v) is 14.0. The number of hydrogen-bond acceptors (Lipinski definition) is 9. The third-order valence-corrected chi connectivity index (χ3v) is 7.15. The highest BCUT2D eigenvalue weighted by molar-refractivity contribution is 6.34. The summed E-state index contributed by atoms with van der Waals surface area (Å²) in [5.41, 5.74) is 1.09. The van der Waals surface area contributed by atoms with Gasteiger partial charge in [-0.3, -0.25) is 14.3 Å². The van der Waals surface area contributed by atoms with Crippen LogP contribution in [0.4, 0.5) is 15.9 Å². The van der Waals surface area contributed by atoms with Crippen molar-refractivity contribution in [3.63, 3.8) is 0 Å². The predicted molar refractivity (Wildman–Crippen MR) is 162 cm³/mol. The van der Waals surface area contributed by atoms with Gasteiger partial charge >= 0.3 is 6.01 Å². The number of rotatable bonds is 10. The second-order valence-corrected chi connectivity index (χ2v) is 10.3. The Hall–Kier alpha value is -5.36. The van der Waals surface area contributed by atoms with Gasteiger partial charge < -0.3 is 20.1 Å². The van der Waals surface area contributed by atoms with E-state index in [0.29, 0.717) is 17.9 Å². The van der Waals surface area contributed by atoms with Crippen molar-refractivity contribution in [2.24, 2.45) is 0 Å². The standard InChI is InChI=1S/C31H25ClFN7O4/c1-43-23-10-2-18(3-11-23)14-35-29-26(32)25(12-13-34-29)44-31-36-15-21(16-37-31)38-30(42)27-28(41)24(17-40(39-27)22-8-9-22)19-4-6-20(33)7-5-19/h2-7,10-13,15-17,22H,8-9,14H2,1H3,(H,34,35)(H,38,42). The number of anilines is 2. The maximum absolute atomic E-state index is 13.5. The molecule has 44 heavy (non-hydrogen) atoms. The number of methoxy groups -OCH3 is 1. The van der Waals surface area contributed by atoms with Gasteiger partial charge in [0, 0.05) is 30.6 Å². The molecule has 13 heteroatoms. The molecule has 0 atom stereocenters. The van der Waals surface area contributed by atoms with E-state index in [0.717, 1.165) is 24.2 Å². The van der Waals surface area contributed by atoms with Crippen LogP contribution in [-0.2, 0) is 6.54 Å². The molecule has 1 aliphatic rings. The Morgan fingerprint density at radius 2 is 1.77 bits per heavy atom. The molecule has 0 unspecified atom stereocenters. The summed E-state index contributed by atoms with van der Waals surface area (Å²) in [6, 6.07) is 14.7. The van der Waals surface area contributed by atoms with Gasteiger partial charge in [-0.2, -0.15) is 5.10 Å². The van der Waals surface area contributed by atoms with E-state index in [9.17, 15) is 14.0 Å². The fraction of sp³-hybridized carbons (Fsp3) is 0.161. The molecule has 2 aromatic carbocycles. The zero-order chi connectivity index (χ0) is 30.6. The van der Waals surface area contributed by atoms with Crippen molar-refractivity contribution in [2.45, 2.75) is 25.4 Å². The number of halogens is 2. The maximum atomic E-state index is 13.5. The van der Waals surface area contributed by atoms with Crippen molar-refractivity contribution < 1.29 is 18.7 Å². The number of carbonyl (C=O) groups is 1. The summed E-state index contributed by atoms with van der Waals surface area (Å²) in [5.74, 6) is 0.295. The Labute approximate surface area is 255 Å². The van der Waals surface area contributed by atoms with Crippen molar-refractivity contribution in [3.8, 4) is 28.6 Å². The van der Waals surface area contributed by atoms with E-state index >= 15 is 0 Å². The van der Waals surface area contributed by atoms with E-state index in [2.05, 4.69) is 30.7 Å². The van der Waals surface area contributed by atoms with Crippen LogP contribution >= 0.6 is 11.6 Å². The first-order valence-electron chi connectivity index (χ1n) is 13.6. The van der Waals surface area contributed by atoms with Gasteiger partial charge in [-0.15, -0.1) is 0 Å². The molecule has 0 aliphatic heterocycles. The van der Waals surface area contributed by atoms with Gasteiger partial charge in [0.05, 0.1) is 31.2 Å². The molecule has 1 aliphatic carbocycles. The average Bonchev–Trinajstić information content (AvgIpc) is 3.89. The molecule has 11 nitrogen and oxygen atoms in total. The molecule has 6 rings (SSSR count). The van der Waals surface area contributed by atoms with Gasteiger partial charge in [0.2, 0.25) is 5.43 Å². The lowest BCUT2D eigenvalue weighted by molar-refractivity contribution is 0.101. The first kappa shape index (κ1) is 28.7. The fourth-order valence-corrected chi connectivity index (χ4v) is 4.51. The van der Waals surface area contributed by atoms with E-state index in [-0.39, 0.29) is 39.8 Å². The van der Waals surface area contributed by atoms with Gasteiger partial charge in [0.25, 0.3) is 5.91 Å². The van der Waals surface area contributed by atoms with E-state index in [1.165, 1.54) is 42.9 Å². The van der Waals surface area contributed by atoms with Crippen LogP contribution in [0.25, 0.3) is 11.1 Å². The van der Waals surface area contributed by atoms with Crippen molar-refractivity contribution in [3.05, 3.63) is 112 Å². The minimum Gasteiger partial charge on any atom is -0.497 e. The number of hydrogen-bond donors (Lipinski definition) is 2. The second kappa shape index (κ2) is 12.5. The minimum absolute atomic E-state index is 0.0234. The van der Waals surface area contributed by atoms with Crippen molar-refractivity contribution in [1.29, 1.82) is 0 Å². The topological polar surface area (TPSA) is 133 Å². The molecule has 1 fully saturated rings. The highest BCUT2D eigenvalue weighted by atomic mass is 35.5. The van der Waals surface area contributed by atoms with Crippen LogP contribution in [0.15, 0.2) is 84.2 Å². The van der Waals surface area contributed by atoms with Crippen molar-refractivity contribution >= 4 is 29.0 Å². The number of aromatic nitrogens is 5. The number of amides is 1. The first-order chi connectivity index (χ1) is 21.4. The zero-order valence-electron chi connectivity index (χ0n) is 23.3. The molecule has 0 radical (unpaired) electrons. The highest BCUT2D eigenvalue weighted by Gasteiger charge is 2.27. The quantitative estimate of drug-likeness (QED) is 0.198. The number of nitrogens with zero attached hydrogens (tertiary/aromatic N) is 5. The normalized spacial score (nSPS) is 12.4. The van der Waals surface area contributed by atoms with Crippen LogP contribution in [0, 0.1) is 5.82 Å². The van der Waals surface area contributed by atoms with Gasteiger partial charge in [0.15, 0.2) is 11.4 Å². The zero-order valence-corrected chi connectivity index (χ0v) is 24.1. The number of nitrogens with one attached hydrogen (secondary N) is 2. The minimum atomic E-state index is -0.726. The van der Waals surface area contributed by atoms with Gasteiger partial charge in [0.1, 0.15) is 22.4 Å². The van der Waals surface area contributed by atoms with Crippen LogP contribution in [0.5, 0.6) is 17.5 Å². The van der Waals surface area contributed by atoms with Crippen molar-refractivity contribution in [2.75, 3.05) is 17.7 Å². The molecule has 3 aromatic heterocycles.